The second-order valence-corrected chi connectivity index (χ2v) is 5.68. The first kappa shape index (κ1) is 15.4. The number of nitrogens with zero attached hydrogens (tertiary/aromatic N) is 2. The Morgan fingerprint density at radius 3 is 2.67 bits per heavy atom. The molecule has 0 atom stereocenters. The van der Waals surface area contributed by atoms with Crippen molar-refractivity contribution in [3.8, 4) is 11.3 Å². The summed E-state index contributed by atoms with van der Waals surface area (Å²) in [5.41, 5.74) is 1.52. The van der Waals surface area contributed by atoms with Crippen molar-refractivity contribution in [3.63, 3.8) is 0 Å². The van der Waals surface area contributed by atoms with Gasteiger partial charge in [-0.15, -0.1) is 0 Å². The fraction of sp³-hybridized carbons (Fsp3) is 0.267. The minimum absolute atomic E-state index is 0.0502. The van der Waals surface area contributed by atoms with E-state index in [-0.39, 0.29) is 23.5 Å². The van der Waals surface area contributed by atoms with Crippen LogP contribution >= 0.6 is 11.8 Å². The molecule has 21 heavy (non-hydrogen) atoms. The first-order chi connectivity index (χ1) is 10.0. The Kier molecular flexibility index (Phi) is 5.27. The third kappa shape index (κ3) is 4.82. The SMILES string of the molecule is CC(C)NC(=O)CSc1nccc(-c2ccc(F)cc2)n1. The lowest BCUT2D eigenvalue weighted by Crippen LogP contribution is -2.31. The Bertz CT molecular complexity index is 617. The summed E-state index contributed by atoms with van der Waals surface area (Å²) >= 11 is 1.27. The summed E-state index contributed by atoms with van der Waals surface area (Å²) in [6.45, 7) is 3.82. The summed E-state index contributed by atoms with van der Waals surface area (Å²) in [6, 6.07) is 7.98. The van der Waals surface area contributed by atoms with Crippen molar-refractivity contribution in [1.82, 2.24) is 15.3 Å². The maximum absolute atomic E-state index is 12.9. The molecule has 0 radical (unpaired) electrons. The van der Waals surface area contributed by atoms with Gasteiger partial charge in [0.05, 0.1) is 11.4 Å². The van der Waals surface area contributed by atoms with Crippen LogP contribution in [0, 0.1) is 5.82 Å². The molecule has 2 aromatic rings. The van der Waals surface area contributed by atoms with Crippen LogP contribution in [-0.4, -0.2) is 27.7 Å². The van der Waals surface area contributed by atoms with Gasteiger partial charge in [0.25, 0.3) is 0 Å². The molecule has 0 saturated carbocycles. The highest BCUT2D eigenvalue weighted by atomic mass is 32.2. The van der Waals surface area contributed by atoms with Crippen molar-refractivity contribution < 1.29 is 9.18 Å². The second kappa shape index (κ2) is 7.17. The molecule has 1 aromatic heterocycles. The maximum atomic E-state index is 12.9. The van der Waals surface area contributed by atoms with Gasteiger partial charge in [0.1, 0.15) is 5.82 Å². The van der Waals surface area contributed by atoms with E-state index in [1.807, 2.05) is 13.8 Å². The molecule has 2 rings (SSSR count). The van der Waals surface area contributed by atoms with Crippen LogP contribution in [-0.2, 0) is 4.79 Å². The third-order valence-electron chi connectivity index (χ3n) is 2.56. The number of benzene rings is 1. The average molecular weight is 305 g/mol. The number of carbonyl (C=O) groups excluding carboxylic acids is 1. The van der Waals surface area contributed by atoms with Gasteiger partial charge in [0.15, 0.2) is 5.16 Å². The lowest BCUT2D eigenvalue weighted by Gasteiger charge is -2.07. The minimum atomic E-state index is -0.284. The molecule has 110 valence electrons. The number of carbonyl (C=O) groups is 1. The first-order valence-corrected chi connectivity index (χ1v) is 7.54. The summed E-state index contributed by atoms with van der Waals surface area (Å²) in [7, 11) is 0. The normalized spacial score (nSPS) is 10.7. The van der Waals surface area contributed by atoms with Crippen LogP contribution in [0.5, 0.6) is 0 Å². The number of rotatable bonds is 5. The van der Waals surface area contributed by atoms with E-state index in [2.05, 4.69) is 15.3 Å². The Morgan fingerprint density at radius 2 is 2.00 bits per heavy atom. The zero-order valence-corrected chi connectivity index (χ0v) is 12.7. The van der Waals surface area contributed by atoms with Crippen molar-refractivity contribution >= 4 is 17.7 Å². The van der Waals surface area contributed by atoms with E-state index in [1.54, 1.807) is 24.4 Å². The zero-order valence-electron chi connectivity index (χ0n) is 11.8. The van der Waals surface area contributed by atoms with Crippen LogP contribution in [0.4, 0.5) is 4.39 Å². The highest BCUT2D eigenvalue weighted by molar-refractivity contribution is 7.99. The predicted octanol–water partition coefficient (Wildman–Crippen LogP) is 2.90. The van der Waals surface area contributed by atoms with E-state index in [4.69, 9.17) is 0 Å². The molecule has 0 fully saturated rings. The summed E-state index contributed by atoms with van der Waals surface area (Å²) in [5, 5.41) is 3.33. The minimum Gasteiger partial charge on any atom is -0.353 e. The number of hydrogen-bond donors (Lipinski definition) is 1. The molecule has 0 spiro atoms. The molecule has 6 heteroatoms. The Balaban J connectivity index is 2.04. The Morgan fingerprint density at radius 1 is 1.29 bits per heavy atom. The largest absolute Gasteiger partial charge is 0.353 e. The van der Waals surface area contributed by atoms with Gasteiger partial charge in [-0.1, -0.05) is 11.8 Å². The van der Waals surface area contributed by atoms with E-state index in [0.29, 0.717) is 10.9 Å². The van der Waals surface area contributed by atoms with Gasteiger partial charge in [-0.25, -0.2) is 14.4 Å². The molecule has 1 amide bonds. The van der Waals surface area contributed by atoms with E-state index in [0.717, 1.165) is 5.56 Å². The van der Waals surface area contributed by atoms with E-state index in [9.17, 15) is 9.18 Å². The number of halogens is 1. The van der Waals surface area contributed by atoms with E-state index < -0.39 is 0 Å². The average Bonchev–Trinajstić information content (AvgIpc) is 2.45. The molecule has 1 heterocycles. The fourth-order valence-corrected chi connectivity index (χ4v) is 2.33. The van der Waals surface area contributed by atoms with Crippen LogP contribution in [0.25, 0.3) is 11.3 Å². The second-order valence-electron chi connectivity index (χ2n) is 4.74. The highest BCUT2D eigenvalue weighted by Crippen LogP contribution is 2.20. The van der Waals surface area contributed by atoms with Gasteiger partial charge >= 0.3 is 0 Å². The van der Waals surface area contributed by atoms with Crippen LogP contribution in [0.2, 0.25) is 0 Å². The standard InChI is InChI=1S/C15H16FN3OS/c1-10(2)18-14(20)9-21-15-17-8-7-13(19-15)11-3-5-12(16)6-4-11/h3-8,10H,9H2,1-2H3,(H,18,20). The molecule has 0 bridgehead atoms. The highest BCUT2D eigenvalue weighted by Gasteiger charge is 2.07. The van der Waals surface area contributed by atoms with Gasteiger partial charge < -0.3 is 5.32 Å². The summed E-state index contributed by atoms with van der Waals surface area (Å²) in [4.78, 5) is 20.1. The van der Waals surface area contributed by atoms with Crippen molar-refractivity contribution in [2.24, 2.45) is 0 Å². The molecular weight excluding hydrogens is 289 g/mol. The topological polar surface area (TPSA) is 54.9 Å². The number of thioether (sulfide) groups is 1. The van der Waals surface area contributed by atoms with Gasteiger partial charge in [-0.2, -0.15) is 0 Å². The summed E-state index contributed by atoms with van der Waals surface area (Å²) < 4.78 is 12.9. The number of nitrogens with one attached hydrogen (secondary N) is 1. The van der Waals surface area contributed by atoms with Gasteiger partial charge in [-0.05, 0) is 44.2 Å². The molecule has 0 aliphatic carbocycles. The Labute approximate surface area is 127 Å². The van der Waals surface area contributed by atoms with Crippen molar-refractivity contribution in [3.05, 3.63) is 42.3 Å². The lowest BCUT2D eigenvalue weighted by atomic mass is 10.1. The van der Waals surface area contributed by atoms with Crippen LogP contribution in [0.3, 0.4) is 0 Å². The van der Waals surface area contributed by atoms with E-state index in [1.165, 1.54) is 23.9 Å². The fourth-order valence-electron chi connectivity index (χ4n) is 1.69. The monoisotopic (exact) mass is 305 g/mol. The van der Waals surface area contributed by atoms with Crippen molar-refractivity contribution in [1.29, 1.82) is 0 Å². The Hall–Kier alpha value is -1.95. The van der Waals surface area contributed by atoms with Crippen molar-refractivity contribution in [2.45, 2.75) is 25.0 Å². The van der Waals surface area contributed by atoms with Crippen LogP contribution < -0.4 is 5.32 Å². The van der Waals surface area contributed by atoms with Gasteiger partial charge in [0.2, 0.25) is 5.91 Å². The molecule has 1 aromatic carbocycles. The molecule has 1 N–H and O–H groups in total. The molecule has 0 unspecified atom stereocenters. The number of hydrogen-bond acceptors (Lipinski definition) is 4. The smallest absolute Gasteiger partial charge is 0.230 e. The molecular formula is C15H16FN3OS. The third-order valence-corrected chi connectivity index (χ3v) is 3.42. The molecule has 0 saturated heterocycles. The maximum Gasteiger partial charge on any atom is 0.230 e. The van der Waals surface area contributed by atoms with Gasteiger partial charge in [0, 0.05) is 17.8 Å². The van der Waals surface area contributed by atoms with Crippen LogP contribution in [0.1, 0.15) is 13.8 Å². The first-order valence-electron chi connectivity index (χ1n) is 6.56. The van der Waals surface area contributed by atoms with Crippen molar-refractivity contribution in [2.75, 3.05) is 5.75 Å². The van der Waals surface area contributed by atoms with Gasteiger partial charge in [-0.3, -0.25) is 4.79 Å². The summed E-state index contributed by atoms with van der Waals surface area (Å²) in [6.07, 6.45) is 1.63. The number of amides is 1. The predicted molar refractivity (Wildman–Crippen MR) is 81.4 cm³/mol. The lowest BCUT2D eigenvalue weighted by molar-refractivity contribution is -0.119. The zero-order chi connectivity index (χ0) is 15.2. The quantitative estimate of drug-likeness (QED) is 0.681. The molecule has 0 aliphatic heterocycles. The van der Waals surface area contributed by atoms with E-state index >= 15 is 0 Å². The molecule has 4 nitrogen and oxygen atoms in total. The molecule has 0 aliphatic rings. The van der Waals surface area contributed by atoms with Crippen LogP contribution in [0.15, 0.2) is 41.7 Å². The summed E-state index contributed by atoms with van der Waals surface area (Å²) in [5.74, 6) is -0.0658. The number of aromatic nitrogens is 2.